The van der Waals surface area contributed by atoms with E-state index >= 15 is 0 Å². The summed E-state index contributed by atoms with van der Waals surface area (Å²) in [4.78, 5) is 0. The van der Waals surface area contributed by atoms with Crippen LogP contribution in [0.3, 0.4) is 0 Å². The summed E-state index contributed by atoms with van der Waals surface area (Å²) in [6.45, 7) is 3.67. The van der Waals surface area contributed by atoms with Crippen LogP contribution in [0.2, 0.25) is 0 Å². The fraction of sp³-hybridized carbons (Fsp3) is 0. The highest BCUT2D eigenvalue weighted by atomic mass is 32.1. The van der Waals surface area contributed by atoms with Gasteiger partial charge in [0.15, 0.2) is 12.4 Å². The lowest BCUT2D eigenvalue weighted by molar-refractivity contribution is -0.605. The summed E-state index contributed by atoms with van der Waals surface area (Å²) in [5.74, 6) is 0. The molecule has 2 nitrogen and oxygen atoms in total. The summed E-state index contributed by atoms with van der Waals surface area (Å²) in [5, 5.41) is 11.8. The van der Waals surface area contributed by atoms with Crippen molar-refractivity contribution in [2.45, 2.75) is 0 Å². The van der Waals surface area contributed by atoms with Crippen LogP contribution < -0.4 is 4.73 Å². The second-order valence-corrected chi connectivity index (χ2v) is 3.42. The molecule has 0 N–H and O–H groups in total. The van der Waals surface area contributed by atoms with Crippen molar-refractivity contribution >= 4 is 23.7 Å². The Bertz CT molecular complexity index is 456. The summed E-state index contributed by atoms with van der Waals surface area (Å²) in [6.07, 6.45) is 4.69. The molecule has 2 aromatic rings. The first-order valence-corrected chi connectivity index (χ1v) is 5.55. The van der Waals surface area contributed by atoms with E-state index in [-0.39, 0.29) is 0 Å². The van der Waals surface area contributed by atoms with Crippen molar-refractivity contribution in [1.82, 2.24) is 0 Å². The van der Waals surface area contributed by atoms with E-state index in [4.69, 9.17) is 12.2 Å². The lowest BCUT2D eigenvalue weighted by Crippen LogP contribution is -2.22. The van der Waals surface area contributed by atoms with E-state index in [1.165, 1.54) is 12.4 Å². The van der Waals surface area contributed by atoms with Gasteiger partial charge in [0, 0.05) is 17.5 Å². The summed E-state index contributed by atoms with van der Waals surface area (Å²) >= 11 is 4.80. The molecule has 0 saturated heterocycles. The first kappa shape index (κ1) is 13.1. The molecule has 0 unspecified atom stereocenters. The highest BCUT2D eigenvalue weighted by Gasteiger charge is 1.90. The van der Waals surface area contributed by atoms with Crippen LogP contribution in [-0.4, -0.2) is 5.37 Å². The van der Waals surface area contributed by atoms with E-state index in [2.05, 4.69) is 6.58 Å². The Morgan fingerprint density at radius 2 is 1.59 bits per heavy atom. The number of benzene rings is 1. The molecule has 0 aliphatic heterocycles. The van der Waals surface area contributed by atoms with Crippen LogP contribution in [0.4, 0.5) is 0 Å². The monoisotopic (exact) mass is 243 g/mol. The van der Waals surface area contributed by atoms with E-state index in [0.717, 1.165) is 15.9 Å². The summed E-state index contributed by atoms with van der Waals surface area (Å²) < 4.78 is 0.750. The largest absolute Gasteiger partial charge is 0.619 e. The van der Waals surface area contributed by atoms with Gasteiger partial charge in [0.2, 0.25) is 0 Å². The van der Waals surface area contributed by atoms with E-state index in [0.29, 0.717) is 0 Å². The van der Waals surface area contributed by atoms with Crippen molar-refractivity contribution in [2.75, 3.05) is 0 Å². The molecule has 0 spiro atoms. The zero-order valence-electron chi connectivity index (χ0n) is 9.32. The SMILES string of the molecule is C=Cc1ccccc1C=S.[O-][n+]1ccccc1. The molecule has 2 rings (SSSR count). The highest BCUT2D eigenvalue weighted by molar-refractivity contribution is 7.79. The third-order valence-corrected chi connectivity index (χ3v) is 2.29. The second kappa shape index (κ2) is 7.30. The van der Waals surface area contributed by atoms with Gasteiger partial charge >= 0.3 is 0 Å². The molecule has 0 atom stereocenters. The number of thiocarbonyl (C=S) groups is 1. The van der Waals surface area contributed by atoms with Gasteiger partial charge < -0.3 is 5.21 Å². The van der Waals surface area contributed by atoms with Gasteiger partial charge in [-0.1, -0.05) is 55.2 Å². The van der Waals surface area contributed by atoms with Gasteiger partial charge in [-0.05, 0) is 11.1 Å². The third-order valence-electron chi connectivity index (χ3n) is 2.03. The minimum atomic E-state index is 0.750. The van der Waals surface area contributed by atoms with Crippen LogP contribution in [0.15, 0.2) is 61.4 Å². The maximum Gasteiger partial charge on any atom is 0.180 e. The van der Waals surface area contributed by atoms with Gasteiger partial charge in [0.05, 0.1) is 0 Å². The first-order valence-electron chi connectivity index (χ1n) is 5.08. The molecular formula is C14H13NOS. The number of nitrogens with zero attached hydrogens (tertiary/aromatic N) is 1. The number of aromatic nitrogens is 1. The van der Waals surface area contributed by atoms with Crippen molar-refractivity contribution in [3.05, 3.63) is 77.8 Å². The lowest BCUT2D eigenvalue weighted by atomic mass is 10.1. The lowest BCUT2D eigenvalue weighted by Gasteiger charge is -1.95. The van der Waals surface area contributed by atoms with Crippen molar-refractivity contribution < 1.29 is 4.73 Å². The Morgan fingerprint density at radius 1 is 1.00 bits per heavy atom. The third kappa shape index (κ3) is 4.57. The van der Waals surface area contributed by atoms with E-state index in [1.807, 2.05) is 24.3 Å². The van der Waals surface area contributed by atoms with Gasteiger partial charge in [-0.3, -0.25) is 0 Å². The molecule has 0 aliphatic rings. The topological polar surface area (TPSA) is 26.9 Å². The molecule has 0 bridgehead atoms. The molecular weight excluding hydrogens is 230 g/mol. The molecule has 1 aromatic heterocycles. The molecule has 0 amide bonds. The molecule has 3 heteroatoms. The second-order valence-electron chi connectivity index (χ2n) is 3.19. The number of pyridine rings is 1. The average Bonchev–Trinajstić information content (AvgIpc) is 2.40. The number of hydrogen-bond donors (Lipinski definition) is 0. The molecule has 17 heavy (non-hydrogen) atoms. The van der Waals surface area contributed by atoms with Crippen molar-refractivity contribution in [3.8, 4) is 0 Å². The van der Waals surface area contributed by atoms with Crippen LogP contribution in [-0.2, 0) is 0 Å². The molecule has 1 heterocycles. The maximum atomic E-state index is 10.2. The fourth-order valence-corrected chi connectivity index (χ4v) is 1.40. The Labute approximate surface area is 106 Å². The van der Waals surface area contributed by atoms with E-state index < -0.39 is 0 Å². The standard InChI is InChI=1S/C9H8S.C5H5NO/c1-2-8-5-3-4-6-9(8)7-10;7-6-4-2-1-3-5-6/h2-7H,1H2;1-5H. The Kier molecular flexibility index (Phi) is 5.61. The molecule has 0 fully saturated rings. The van der Waals surface area contributed by atoms with E-state index in [9.17, 15) is 5.21 Å². The highest BCUT2D eigenvalue weighted by Crippen LogP contribution is 2.06. The van der Waals surface area contributed by atoms with Gasteiger partial charge in [-0.2, -0.15) is 4.73 Å². The predicted molar refractivity (Wildman–Crippen MR) is 74.7 cm³/mol. The van der Waals surface area contributed by atoms with Crippen molar-refractivity contribution in [1.29, 1.82) is 0 Å². The quantitative estimate of drug-likeness (QED) is 0.460. The van der Waals surface area contributed by atoms with Crippen molar-refractivity contribution in [3.63, 3.8) is 0 Å². The zero-order valence-corrected chi connectivity index (χ0v) is 10.1. The van der Waals surface area contributed by atoms with Crippen molar-refractivity contribution in [2.24, 2.45) is 0 Å². The first-order chi connectivity index (χ1) is 8.27. The Hall–Kier alpha value is -2.00. The van der Waals surface area contributed by atoms with Crippen LogP contribution in [0.5, 0.6) is 0 Å². The summed E-state index contributed by atoms with van der Waals surface area (Å²) in [5.41, 5.74) is 2.16. The minimum absolute atomic E-state index is 0.750. The van der Waals surface area contributed by atoms with Crippen LogP contribution in [0.1, 0.15) is 11.1 Å². The van der Waals surface area contributed by atoms with Crippen LogP contribution >= 0.6 is 12.2 Å². The van der Waals surface area contributed by atoms with Gasteiger partial charge in [-0.15, -0.1) is 0 Å². The van der Waals surface area contributed by atoms with Crippen LogP contribution in [0.25, 0.3) is 6.08 Å². The minimum Gasteiger partial charge on any atom is -0.619 e. The predicted octanol–water partition coefficient (Wildman–Crippen LogP) is 3.00. The molecule has 86 valence electrons. The number of rotatable bonds is 2. The maximum absolute atomic E-state index is 10.2. The fourth-order valence-electron chi connectivity index (χ4n) is 1.19. The van der Waals surface area contributed by atoms with Gasteiger partial charge in [0.25, 0.3) is 0 Å². The smallest absolute Gasteiger partial charge is 0.180 e. The van der Waals surface area contributed by atoms with E-state index in [1.54, 1.807) is 29.6 Å². The summed E-state index contributed by atoms with van der Waals surface area (Å²) in [6, 6.07) is 13.1. The van der Waals surface area contributed by atoms with Gasteiger partial charge in [-0.25, -0.2) is 0 Å². The Morgan fingerprint density at radius 3 is 1.94 bits per heavy atom. The normalized spacial score (nSPS) is 8.71. The van der Waals surface area contributed by atoms with Crippen LogP contribution in [0, 0.1) is 5.21 Å². The molecule has 0 aliphatic carbocycles. The zero-order chi connectivity index (χ0) is 12.5. The molecule has 0 saturated carbocycles. The molecule has 1 aromatic carbocycles. The molecule has 0 radical (unpaired) electrons. The Balaban J connectivity index is 0.000000181. The average molecular weight is 243 g/mol. The van der Waals surface area contributed by atoms with Gasteiger partial charge in [0.1, 0.15) is 0 Å². The number of hydrogen-bond acceptors (Lipinski definition) is 2. The summed E-state index contributed by atoms with van der Waals surface area (Å²) in [7, 11) is 0.